The minimum atomic E-state index is -0.727. The van der Waals surface area contributed by atoms with E-state index in [1.165, 1.54) is 45.2 Å². The largest absolute Gasteiger partial charge is 0.444 e. The van der Waals surface area contributed by atoms with Crippen LogP contribution in [0.1, 0.15) is 221 Å². The molecule has 4 amide bonds. The van der Waals surface area contributed by atoms with Gasteiger partial charge in [0, 0.05) is 124 Å². The van der Waals surface area contributed by atoms with E-state index in [0.29, 0.717) is 103 Å². The molecule has 0 unspecified atom stereocenters. The molecule has 0 saturated carbocycles. The molecule has 16 rings (SSSR count). The van der Waals surface area contributed by atoms with Crippen LogP contribution in [0.3, 0.4) is 0 Å². The van der Waals surface area contributed by atoms with Gasteiger partial charge in [-0.25, -0.2) is 19.9 Å². The van der Waals surface area contributed by atoms with Crippen LogP contribution in [0.5, 0.6) is 0 Å². The Hall–Kier alpha value is -13.0. The monoisotopic (exact) mass is 1830 g/mol. The average molecular weight is 1830 g/mol. The number of nitrogens with zero attached hydrogens (tertiary/aromatic N) is 12. The second kappa shape index (κ2) is 44.2. The van der Waals surface area contributed by atoms with Gasteiger partial charge in [0.15, 0.2) is 71.7 Å². The summed E-state index contributed by atoms with van der Waals surface area (Å²) in [6.07, 6.45) is 9.92. The lowest BCUT2D eigenvalue weighted by Gasteiger charge is -2.33. The lowest BCUT2D eigenvalue weighted by Crippen LogP contribution is -2.45. The molecular formula is C102H120N12O20. The second-order valence-corrected chi connectivity index (χ2v) is 36.8. The highest BCUT2D eigenvalue weighted by Crippen LogP contribution is 2.41. The molecule has 32 nitrogen and oxygen atoms in total. The van der Waals surface area contributed by atoms with Crippen LogP contribution in [-0.2, 0) is 64.0 Å². The molecule has 0 radical (unpaired) electrons. The summed E-state index contributed by atoms with van der Waals surface area (Å²) in [5, 5.41) is 56.7. The van der Waals surface area contributed by atoms with Crippen LogP contribution in [0.15, 0.2) is 189 Å². The molecule has 0 bridgehead atoms. The van der Waals surface area contributed by atoms with Crippen molar-refractivity contribution in [1.29, 1.82) is 0 Å². The van der Waals surface area contributed by atoms with E-state index in [4.69, 9.17) is 35.8 Å². The molecule has 12 aromatic rings. The number of aromatic nitrogens is 8. The maximum absolute atomic E-state index is 13.7. The van der Waals surface area contributed by atoms with E-state index in [1.807, 2.05) is 173 Å². The predicted octanol–water partition coefficient (Wildman–Crippen LogP) is 15.0. The van der Waals surface area contributed by atoms with Crippen LogP contribution in [-0.4, -0.2) is 202 Å². The van der Waals surface area contributed by atoms with Crippen LogP contribution < -0.4 is 0 Å². The van der Waals surface area contributed by atoms with Crippen molar-refractivity contribution in [2.24, 2.45) is 11.3 Å². The van der Waals surface area contributed by atoms with Gasteiger partial charge in [0.05, 0.1) is 106 Å². The van der Waals surface area contributed by atoms with E-state index in [1.54, 1.807) is 51.2 Å². The van der Waals surface area contributed by atoms with Crippen molar-refractivity contribution in [1.82, 2.24) is 60.2 Å². The van der Waals surface area contributed by atoms with E-state index in [0.717, 1.165) is 78.9 Å². The zero-order chi connectivity index (χ0) is 95.9. The van der Waals surface area contributed by atoms with Crippen molar-refractivity contribution in [3.05, 3.63) is 238 Å². The highest BCUT2D eigenvalue weighted by Gasteiger charge is 2.48. The molecule has 0 spiro atoms. The van der Waals surface area contributed by atoms with Crippen molar-refractivity contribution < 1.29 is 94.5 Å². The van der Waals surface area contributed by atoms with Crippen molar-refractivity contribution in [2.45, 2.75) is 259 Å². The van der Waals surface area contributed by atoms with Gasteiger partial charge in [0.1, 0.15) is 34.9 Å². The first-order valence-electron chi connectivity index (χ1n) is 45.9. The van der Waals surface area contributed by atoms with E-state index in [2.05, 4.69) is 40.6 Å². The molecule has 134 heavy (non-hydrogen) atoms. The minimum absolute atomic E-state index is 0.0418. The maximum atomic E-state index is 13.7. The predicted molar refractivity (Wildman–Crippen MR) is 491 cm³/mol. The molecule has 8 aromatic heterocycles. The Bertz CT molecular complexity index is 5950. The van der Waals surface area contributed by atoms with Crippen LogP contribution >= 0.6 is 0 Å². The Labute approximate surface area is 777 Å². The van der Waals surface area contributed by atoms with Gasteiger partial charge < -0.3 is 75.8 Å². The SMILES string of the molecule is CC[C@@H](C(=O)N1C[C@H](O)C[C@H]1C(=O)CCc1ccc(-c2cnco2)cc1)c1cc(C)no1.CC[C@@H](C(=O)N1C[C@H](O)C[C@H]1C(=O)CCc1ccc(-c2ocnc2C)cc1)c1cc(C)no1.Cc1cc([C@H](C(=O)N2C[C@H](O)C[C@H]2C(=O)CCc2ccc(-c3ocnc3C)cc2)C(C)(C)C)on1.Cc1cc([C@H](C(=O)N2C[C@H](O)C[C@H]2C(=O)CCc2ccc(-c3ocnc3C)cc2)C(C)C)on1. The molecule has 12 atom stereocenters. The van der Waals surface area contributed by atoms with Gasteiger partial charge in [-0.15, -0.1) is 0 Å². The summed E-state index contributed by atoms with van der Waals surface area (Å²) >= 11 is 0. The maximum Gasteiger partial charge on any atom is 0.234 e. The third kappa shape index (κ3) is 24.1. The smallest absolute Gasteiger partial charge is 0.234 e. The number of aliphatic hydroxyl groups is 4. The summed E-state index contributed by atoms with van der Waals surface area (Å²) < 4.78 is 43.0. The number of aryl methyl sites for hydroxylation is 11. The summed E-state index contributed by atoms with van der Waals surface area (Å²) in [7, 11) is 0. The Morgan fingerprint density at radius 1 is 0.381 bits per heavy atom. The molecule has 4 aliphatic rings. The number of amides is 4. The fraction of sp³-hybridized carbons (Fsp3) is 0.451. The molecule has 4 aromatic carbocycles. The van der Waals surface area contributed by atoms with E-state index >= 15 is 0 Å². The van der Waals surface area contributed by atoms with Gasteiger partial charge in [0.25, 0.3) is 0 Å². The van der Waals surface area contributed by atoms with Gasteiger partial charge >= 0.3 is 0 Å². The number of carbonyl (C=O) groups is 8. The average Bonchev–Trinajstić information content (AvgIpc) is 1.62. The first-order chi connectivity index (χ1) is 64.1. The number of ketones is 4. The van der Waals surface area contributed by atoms with Crippen LogP contribution in [0.25, 0.3) is 45.3 Å². The van der Waals surface area contributed by atoms with Crippen LogP contribution in [0, 0.1) is 59.8 Å². The lowest BCUT2D eigenvalue weighted by molar-refractivity contribution is -0.141. The lowest BCUT2D eigenvalue weighted by atomic mass is 9.78. The molecule has 4 fully saturated rings. The first-order valence-corrected chi connectivity index (χ1v) is 45.9. The van der Waals surface area contributed by atoms with E-state index in [9.17, 15) is 58.8 Å². The highest BCUT2D eigenvalue weighted by molar-refractivity contribution is 5.95. The van der Waals surface area contributed by atoms with Crippen LogP contribution in [0.4, 0.5) is 0 Å². The highest BCUT2D eigenvalue weighted by atomic mass is 16.5. The van der Waals surface area contributed by atoms with Gasteiger partial charge in [-0.1, -0.05) is 166 Å². The molecule has 4 N–H and O–H groups in total. The zero-order valence-electron chi connectivity index (χ0n) is 78.4. The number of oxazole rings is 4. The quantitative estimate of drug-likeness (QED) is 0.0313. The zero-order valence-corrected chi connectivity index (χ0v) is 78.4. The molecule has 4 aliphatic heterocycles. The van der Waals surface area contributed by atoms with Crippen molar-refractivity contribution in [3.63, 3.8) is 0 Å². The van der Waals surface area contributed by atoms with Gasteiger partial charge in [-0.2, -0.15) is 0 Å². The fourth-order valence-electron chi connectivity index (χ4n) is 18.1. The number of rotatable bonds is 31. The van der Waals surface area contributed by atoms with Gasteiger partial charge in [-0.3, -0.25) is 38.4 Å². The van der Waals surface area contributed by atoms with Gasteiger partial charge in [-0.05, 0) is 121 Å². The molecule has 0 aliphatic carbocycles. The third-order valence-electron chi connectivity index (χ3n) is 25.3. The van der Waals surface area contributed by atoms with Crippen molar-refractivity contribution in [3.8, 4) is 45.3 Å². The molecule has 708 valence electrons. The minimum Gasteiger partial charge on any atom is -0.444 e. The molecule has 32 heteroatoms. The standard InChI is InChI=1S/C27H33N3O5.C26H31N3O5.C25H29N3O5.C24H27N3O5/c1-16-12-23(35-29-16)24(27(3,4)5)26(33)30-14-20(31)13-21(30)22(32)11-8-18-6-9-19(10-7-18)25-17(2)28-15-34-25;1-15(2)24(23-11-16(3)28-34-23)26(32)29-13-20(30)12-21(29)22(31)10-7-18-5-8-19(9-6-18)25-17(4)27-14-33-25;1-4-20(23-11-15(2)27-33-23)25(31)28-13-19(29)12-21(28)22(30)10-7-17-5-8-18(9-6-17)24-16(3)26-14-32-24;1-3-19(22-10-15(2)26-32-22)24(30)27-13-18(28)11-20(27)21(29)9-6-16-4-7-17(8-5-16)23-12-25-14-31-23/h6-7,9-10,12,15,20-21,24,31H,8,11,13-14H2,1-5H3;5-6,8-9,11,14-15,20-21,24,30H,7,10,12-13H2,1-4H3;5-6,8-9,11,14,19-21,29H,4,7,10,12-13H2,1-3H3;4-5,7-8,10,12,14,18-20,28H,3,6,9,11,13H2,1-2H3/t2*20-,21+,24-;19-,20-,21+;18-,19-,20+/m1111/s1. The summed E-state index contributed by atoms with van der Waals surface area (Å²) in [6, 6.07) is 35.8. The van der Waals surface area contributed by atoms with Crippen molar-refractivity contribution >= 4 is 46.8 Å². The Balaban J connectivity index is 0.000000152. The molecule has 12 heterocycles. The van der Waals surface area contributed by atoms with Gasteiger partial charge in [0.2, 0.25) is 23.6 Å². The number of aliphatic hydroxyl groups excluding tert-OH is 4. The topological polar surface area (TPSA) is 439 Å². The molecular weight excluding hydrogens is 1710 g/mol. The fourth-order valence-corrected chi connectivity index (χ4v) is 18.1. The number of likely N-dealkylation sites (tertiary alicyclic amines) is 4. The van der Waals surface area contributed by atoms with E-state index < -0.39 is 77.7 Å². The van der Waals surface area contributed by atoms with Crippen LogP contribution in [0.2, 0.25) is 0 Å². The number of β-amino-alcohol motifs (C(OH)–C–C–N with tert-alkyl or cyclic N) is 4. The second-order valence-electron chi connectivity index (χ2n) is 36.8. The number of hydrogen-bond acceptors (Lipinski definition) is 28. The molecule has 4 saturated heterocycles. The summed E-state index contributed by atoms with van der Waals surface area (Å²) in [4.78, 5) is 128. The Morgan fingerprint density at radius 3 is 0.933 bits per heavy atom. The van der Waals surface area contributed by atoms with Crippen molar-refractivity contribution in [2.75, 3.05) is 26.2 Å². The summed E-state index contributed by atoms with van der Waals surface area (Å²) in [6.45, 7) is 27.0. The number of Topliss-reactive ketones (excluding diaryl/α,β-unsaturated/α-hetero) is 4. The Morgan fingerprint density at radius 2 is 0.672 bits per heavy atom. The van der Waals surface area contributed by atoms with E-state index in [-0.39, 0.29) is 117 Å². The first kappa shape index (κ1) is 98.5. The number of carbonyl (C=O) groups excluding carboxylic acids is 8. The summed E-state index contributed by atoms with van der Waals surface area (Å²) in [5.41, 5.74) is 12.6. The Kier molecular flexibility index (Phi) is 32.5. The number of hydrogen-bond donors (Lipinski definition) is 4. The number of benzene rings is 4. The normalized spacial score (nSPS) is 19.2. The third-order valence-corrected chi connectivity index (χ3v) is 25.3. The summed E-state index contributed by atoms with van der Waals surface area (Å²) in [5.74, 6) is 1.65.